The van der Waals surface area contributed by atoms with E-state index < -0.39 is 0 Å². The van der Waals surface area contributed by atoms with Crippen molar-refractivity contribution >= 4 is 23.2 Å². The van der Waals surface area contributed by atoms with Crippen molar-refractivity contribution in [3.63, 3.8) is 0 Å². The highest BCUT2D eigenvalue weighted by atomic mass is 32.1. The second kappa shape index (κ2) is 9.61. The number of methoxy groups -OCH3 is 1. The summed E-state index contributed by atoms with van der Waals surface area (Å²) in [6.45, 7) is 6.45. The molecular formula is C19H30N4O3S. The van der Waals surface area contributed by atoms with Crippen molar-refractivity contribution in [2.45, 2.75) is 38.6 Å². The van der Waals surface area contributed by atoms with Crippen LogP contribution in [-0.4, -0.2) is 79.1 Å². The van der Waals surface area contributed by atoms with Gasteiger partial charge in [-0.15, -0.1) is 11.3 Å². The minimum absolute atomic E-state index is 0.0649. The van der Waals surface area contributed by atoms with Gasteiger partial charge in [0.2, 0.25) is 5.91 Å². The van der Waals surface area contributed by atoms with Crippen molar-refractivity contribution in [2.75, 3.05) is 46.4 Å². The van der Waals surface area contributed by atoms with Gasteiger partial charge in [0.1, 0.15) is 4.88 Å². The summed E-state index contributed by atoms with van der Waals surface area (Å²) in [6, 6.07) is 0.464. The number of amides is 2. The third-order valence-corrected chi connectivity index (χ3v) is 6.55. The fourth-order valence-corrected chi connectivity index (χ4v) is 4.83. The van der Waals surface area contributed by atoms with Gasteiger partial charge in [0.05, 0.1) is 23.7 Å². The monoisotopic (exact) mass is 394 g/mol. The molecule has 3 heterocycles. The van der Waals surface area contributed by atoms with E-state index in [1.807, 2.05) is 11.8 Å². The van der Waals surface area contributed by atoms with Crippen molar-refractivity contribution in [1.82, 2.24) is 20.1 Å². The molecule has 0 spiro atoms. The van der Waals surface area contributed by atoms with E-state index in [-0.39, 0.29) is 17.7 Å². The van der Waals surface area contributed by atoms with Crippen molar-refractivity contribution in [1.29, 1.82) is 0 Å². The molecule has 1 N–H and O–H groups in total. The number of carbonyl (C=O) groups is 2. The second-order valence-corrected chi connectivity index (χ2v) is 8.26. The molecule has 8 heteroatoms. The first-order valence-electron chi connectivity index (χ1n) is 9.80. The van der Waals surface area contributed by atoms with Crippen LogP contribution in [0, 0.1) is 12.8 Å². The molecule has 0 saturated carbocycles. The highest BCUT2D eigenvalue weighted by Gasteiger charge is 2.33. The molecule has 2 amide bonds. The Morgan fingerprint density at radius 2 is 2.07 bits per heavy atom. The lowest BCUT2D eigenvalue weighted by molar-refractivity contribution is -0.127. The minimum Gasteiger partial charge on any atom is -0.383 e. The zero-order valence-corrected chi connectivity index (χ0v) is 17.1. The van der Waals surface area contributed by atoms with E-state index in [1.54, 1.807) is 12.6 Å². The van der Waals surface area contributed by atoms with Gasteiger partial charge < -0.3 is 15.0 Å². The van der Waals surface area contributed by atoms with Crippen molar-refractivity contribution in [2.24, 2.45) is 5.92 Å². The lowest BCUT2D eigenvalue weighted by Gasteiger charge is -2.42. The summed E-state index contributed by atoms with van der Waals surface area (Å²) in [6.07, 6.45) is 3.96. The number of carbonyl (C=O) groups excluding carboxylic acids is 2. The number of piperidine rings is 2. The standard InChI is InChI=1S/C19H30N4O3S/c1-14-17(27-13-21-14)19(25)22-9-5-16(6-10-22)23-8-3-4-15(12-23)18(24)20-7-11-26-2/h13,15-16H,3-12H2,1-2H3,(H,20,24). The fraction of sp³-hybridized carbons (Fsp3) is 0.737. The van der Waals surface area contributed by atoms with E-state index in [1.165, 1.54) is 11.3 Å². The van der Waals surface area contributed by atoms with Gasteiger partial charge in [0.25, 0.3) is 5.91 Å². The average molecular weight is 395 g/mol. The average Bonchev–Trinajstić information content (AvgIpc) is 3.13. The Hall–Kier alpha value is -1.51. The van der Waals surface area contributed by atoms with Gasteiger partial charge >= 0.3 is 0 Å². The van der Waals surface area contributed by atoms with E-state index >= 15 is 0 Å². The van der Waals surface area contributed by atoms with Crippen LogP contribution in [0.15, 0.2) is 5.51 Å². The lowest BCUT2D eigenvalue weighted by atomic mass is 9.93. The predicted molar refractivity (Wildman–Crippen MR) is 105 cm³/mol. The van der Waals surface area contributed by atoms with Crippen LogP contribution < -0.4 is 5.32 Å². The maximum atomic E-state index is 12.7. The predicted octanol–water partition coefficient (Wildman–Crippen LogP) is 1.53. The van der Waals surface area contributed by atoms with Gasteiger partial charge in [-0.05, 0) is 39.2 Å². The largest absolute Gasteiger partial charge is 0.383 e. The molecular weight excluding hydrogens is 364 g/mol. The Bertz CT molecular complexity index is 643. The van der Waals surface area contributed by atoms with Crippen LogP contribution in [-0.2, 0) is 9.53 Å². The zero-order valence-electron chi connectivity index (χ0n) is 16.3. The number of thiazole rings is 1. The molecule has 2 aliphatic rings. The quantitative estimate of drug-likeness (QED) is 0.741. The second-order valence-electron chi connectivity index (χ2n) is 7.41. The Kier molecular flexibility index (Phi) is 7.20. The molecule has 7 nitrogen and oxygen atoms in total. The van der Waals surface area contributed by atoms with Gasteiger partial charge in [0.15, 0.2) is 0 Å². The Balaban J connectivity index is 1.48. The molecule has 0 bridgehead atoms. The highest BCUT2D eigenvalue weighted by Crippen LogP contribution is 2.25. The Morgan fingerprint density at radius 3 is 2.74 bits per heavy atom. The third-order valence-electron chi connectivity index (χ3n) is 5.64. The molecule has 2 aliphatic heterocycles. The zero-order chi connectivity index (χ0) is 19.2. The summed E-state index contributed by atoms with van der Waals surface area (Å²) in [7, 11) is 1.64. The van der Waals surface area contributed by atoms with Crippen molar-refractivity contribution < 1.29 is 14.3 Å². The van der Waals surface area contributed by atoms with E-state index in [2.05, 4.69) is 15.2 Å². The first-order valence-corrected chi connectivity index (χ1v) is 10.7. The van der Waals surface area contributed by atoms with Gasteiger partial charge in [-0.1, -0.05) is 0 Å². The topological polar surface area (TPSA) is 74.8 Å². The summed E-state index contributed by atoms with van der Waals surface area (Å²) >= 11 is 1.43. The van der Waals surface area contributed by atoms with E-state index in [9.17, 15) is 9.59 Å². The number of nitrogens with zero attached hydrogens (tertiary/aromatic N) is 3. The molecule has 1 aromatic rings. The first-order chi connectivity index (χ1) is 13.1. The lowest BCUT2D eigenvalue weighted by Crippen LogP contribution is -2.51. The van der Waals surface area contributed by atoms with Crippen LogP contribution in [0.4, 0.5) is 0 Å². The maximum absolute atomic E-state index is 12.7. The molecule has 0 aliphatic carbocycles. The molecule has 0 aromatic carbocycles. The van der Waals surface area contributed by atoms with Gasteiger partial charge in [0, 0.05) is 39.3 Å². The molecule has 2 fully saturated rings. The number of hydrogen-bond acceptors (Lipinski definition) is 6. The van der Waals surface area contributed by atoms with Crippen LogP contribution in [0.25, 0.3) is 0 Å². The van der Waals surface area contributed by atoms with Crippen LogP contribution in [0.1, 0.15) is 41.0 Å². The van der Waals surface area contributed by atoms with E-state index in [0.29, 0.717) is 19.2 Å². The smallest absolute Gasteiger partial charge is 0.265 e. The van der Waals surface area contributed by atoms with Crippen molar-refractivity contribution in [3.05, 3.63) is 16.1 Å². The summed E-state index contributed by atoms with van der Waals surface area (Å²) in [5, 5.41) is 2.97. The number of likely N-dealkylation sites (tertiary alicyclic amines) is 2. The molecule has 27 heavy (non-hydrogen) atoms. The van der Waals surface area contributed by atoms with Crippen LogP contribution in [0.2, 0.25) is 0 Å². The van der Waals surface area contributed by atoms with Crippen LogP contribution in [0.3, 0.4) is 0 Å². The van der Waals surface area contributed by atoms with E-state index in [0.717, 1.165) is 62.4 Å². The summed E-state index contributed by atoms with van der Waals surface area (Å²) in [5.41, 5.74) is 2.56. The summed E-state index contributed by atoms with van der Waals surface area (Å²) < 4.78 is 5.00. The maximum Gasteiger partial charge on any atom is 0.265 e. The number of ether oxygens (including phenoxy) is 1. The third kappa shape index (κ3) is 5.06. The van der Waals surface area contributed by atoms with Gasteiger partial charge in [-0.3, -0.25) is 14.5 Å². The number of rotatable bonds is 6. The first kappa shape index (κ1) is 20.2. The minimum atomic E-state index is 0.0649. The van der Waals surface area contributed by atoms with Gasteiger partial charge in [-0.25, -0.2) is 4.98 Å². The highest BCUT2D eigenvalue weighted by molar-refractivity contribution is 7.11. The SMILES string of the molecule is COCCNC(=O)C1CCCN(C2CCN(C(=O)c3scnc3C)CC2)C1. The molecule has 2 saturated heterocycles. The molecule has 1 unspecified atom stereocenters. The Labute approximate surface area is 165 Å². The molecule has 3 rings (SSSR count). The van der Waals surface area contributed by atoms with Crippen LogP contribution >= 0.6 is 11.3 Å². The Morgan fingerprint density at radius 1 is 1.30 bits per heavy atom. The van der Waals surface area contributed by atoms with Crippen molar-refractivity contribution in [3.8, 4) is 0 Å². The number of aryl methyl sites for hydroxylation is 1. The number of hydrogen-bond donors (Lipinski definition) is 1. The van der Waals surface area contributed by atoms with Crippen LogP contribution in [0.5, 0.6) is 0 Å². The number of nitrogens with one attached hydrogen (secondary N) is 1. The molecule has 1 aromatic heterocycles. The molecule has 1 atom stereocenters. The molecule has 0 radical (unpaired) electrons. The normalized spacial score (nSPS) is 22.0. The fourth-order valence-electron chi connectivity index (χ4n) is 4.06. The summed E-state index contributed by atoms with van der Waals surface area (Å²) in [4.78, 5) is 34.4. The summed E-state index contributed by atoms with van der Waals surface area (Å²) in [5.74, 6) is 0.322. The molecule has 150 valence electrons. The number of aromatic nitrogens is 1. The van der Waals surface area contributed by atoms with Gasteiger partial charge in [-0.2, -0.15) is 0 Å². The van der Waals surface area contributed by atoms with E-state index in [4.69, 9.17) is 4.74 Å².